The monoisotopic (exact) mass is 553 g/mol. The number of ether oxygens (including phenoxy) is 1. The highest BCUT2D eigenvalue weighted by Gasteiger charge is 2.33. The number of aliphatic imine (C=N–C) groups is 2. The molecule has 0 bridgehead atoms. The quantitative estimate of drug-likeness (QED) is 0.313. The van der Waals surface area contributed by atoms with Crippen molar-refractivity contribution < 1.29 is 24.2 Å². The van der Waals surface area contributed by atoms with Crippen molar-refractivity contribution in [2.24, 2.45) is 9.98 Å². The van der Waals surface area contributed by atoms with Crippen molar-refractivity contribution in [2.45, 2.75) is 44.8 Å². The largest absolute Gasteiger partial charge is 0.507 e. The average molecular weight is 554 g/mol. The van der Waals surface area contributed by atoms with Crippen molar-refractivity contribution in [1.29, 1.82) is 0 Å². The van der Waals surface area contributed by atoms with Crippen LogP contribution in [0.4, 0.5) is 15.3 Å². The number of para-hydroxylation sites is 1. The molecule has 2 aliphatic heterocycles. The topological polar surface area (TPSA) is 124 Å². The molecule has 2 N–H and O–H groups in total. The van der Waals surface area contributed by atoms with E-state index >= 15 is 0 Å². The molecule has 2 aromatic rings. The number of rotatable bonds is 6. The molecule has 41 heavy (non-hydrogen) atoms. The Kier molecular flexibility index (Phi) is 10.1. The van der Waals surface area contributed by atoms with Crippen LogP contribution in [-0.4, -0.2) is 76.5 Å². The Morgan fingerprint density at radius 3 is 2.71 bits per heavy atom. The van der Waals surface area contributed by atoms with E-state index in [0.717, 1.165) is 35.0 Å². The second kappa shape index (κ2) is 14.3. The van der Waals surface area contributed by atoms with E-state index in [1.54, 1.807) is 4.90 Å². The van der Waals surface area contributed by atoms with E-state index in [4.69, 9.17) is 9.84 Å². The zero-order valence-corrected chi connectivity index (χ0v) is 22.7. The van der Waals surface area contributed by atoms with E-state index in [1.165, 1.54) is 0 Å². The number of fused-ring (bicyclic) bond motifs is 1. The Hall–Kier alpha value is -5.09. The predicted octanol–water partition coefficient (Wildman–Crippen LogP) is 4.36. The number of nitrogens with one attached hydrogen (secondary N) is 1. The van der Waals surface area contributed by atoms with Crippen LogP contribution >= 0.6 is 0 Å². The molecule has 1 fully saturated rings. The number of urea groups is 1. The number of amides is 4. The van der Waals surface area contributed by atoms with E-state index in [2.05, 4.69) is 38.5 Å². The molecule has 0 unspecified atom stereocenters. The van der Waals surface area contributed by atoms with Crippen molar-refractivity contribution in [2.75, 3.05) is 25.0 Å². The lowest BCUT2D eigenvalue weighted by Crippen LogP contribution is -2.50. The standard InChI is InChI=1S/C31H31N5O5/c1-23-7-4-8-24(21-23)22-28(29(38)33-16-5-14-32-15-6-20-37)41-31(40)35-17-12-26(13-18-35)36-19-11-25-9-2-3-10-27(25)34-30(36)39/h2-4,7-10,14,20-21,26,28,37H,11-13,17-19,22H2,1H3,(H,34,39)/t28-/m1/s1. The molecule has 210 valence electrons. The first kappa shape index (κ1) is 28.9. The normalized spacial score (nSPS) is 15.3. The Morgan fingerprint density at radius 1 is 1.12 bits per heavy atom. The molecule has 0 radical (unpaired) electrons. The summed E-state index contributed by atoms with van der Waals surface area (Å²) in [6.07, 6.45) is 2.12. The SMILES string of the molecule is Cc1cccc(C[C@@H](OC(=O)N2CCC(N3CCc4ccccc4NC3=O)CC2)C(=O)N=C=C=CN=C=C=CO)c1. The summed E-state index contributed by atoms with van der Waals surface area (Å²) in [5.41, 5.74) is 8.44. The number of hydrogen-bond donors (Lipinski definition) is 2. The molecule has 10 nitrogen and oxygen atoms in total. The van der Waals surface area contributed by atoms with Crippen molar-refractivity contribution in [3.05, 3.63) is 89.1 Å². The molecule has 4 amide bonds. The molecule has 2 aliphatic rings. The zero-order chi connectivity index (χ0) is 29.0. The maximum absolute atomic E-state index is 13.1. The first-order valence-electron chi connectivity index (χ1n) is 13.3. The van der Waals surface area contributed by atoms with Gasteiger partial charge in [0.15, 0.2) is 6.10 Å². The molecule has 0 aliphatic carbocycles. The van der Waals surface area contributed by atoms with Crippen molar-refractivity contribution in [3.63, 3.8) is 0 Å². The smallest absolute Gasteiger partial charge is 0.410 e. The highest BCUT2D eigenvalue weighted by molar-refractivity contribution is 5.91. The summed E-state index contributed by atoms with van der Waals surface area (Å²) in [6.45, 7) is 3.33. The van der Waals surface area contributed by atoms with Gasteiger partial charge in [-0.05, 0) is 54.8 Å². The lowest BCUT2D eigenvalue weighted by Gasteiger charge is -2.37. The van der Waals surface area contributed by atoms with Gasteiger partial charge in [-0.2, -0.15) is 9.98 Å². The highest BCUT2D eigenvalue weighted by Crippen LogP contribution is 2.25. The minimum atomic E-state index is -1.16. The second-order valence-corrected chi connectivity index (χ2v) is 9.66. The van der Waals surface area contributed by atoms with Gasteiger partial charge < -0.3 is 25.0 Å². The van der Waals surface area contributed by atoms with E-state index in [9.17, 15) is 14.4 Å². The van der Waals surface area contributed by atoms with Gasteiger partial charge in [0, 0.05) is 49.5 Å². The fraction of sp³-hybridized carbons (Fsp3) is 0.323. The minimum absolute atomic E-state index is 0.00928. The molecular formula is C31H31N5O5. The molecule has 10 heteroatoms. The van der Waals surface area contributed by atoms with Gasteiger partial charge in [-0.25, -0.2) is 9.59 Å². The Bertz CT molecular complexity index is 1480. The van der Waals surface area contributed by atoms with Gasteiger partial charge in [-0.3, -0.25) is 4.79 Å². The molecule has 2 aromatic carbocycles. The van der Waals surface area contributed by atoms with Crippen LogP contribution in [-0.2, 0) is 22.4 Å². The summed E-state index contributed by atoms with van der Waals surface area (Å²) in [5, 5.41) is 11.5. The minimum Gasteiger partial charge on any atom is -0.507 e. The van der Waals surface area contributed by atoms with Crippen LogP contribution in [0.15, 0.2) is 82.4 Å². The van der Waals surface area contributed by atoms with E-state index in [0.29, 0.717) is 38.7 Å². The number of hydrogen-bond acceptors (Lipinski definition) is 6. The van der Waals surface area contributed by atoms with Gasteiger partial charge in [0.25, 0.3) is 5.91 Å². The maximum atomic E-state index is 13.1. The first-order valence-corrected chi connectivity index (χ1v) is 13.3. The van der Waals surface area contributed by atoms with Gasteiger partial charge >= 0.3 is 12.1 Å². The van der Waals surface area contributed by atoms with Crippen LogP contribution in [0.2, 0.25) is 0 Å². The Balaban J connectivity index is 1.39. The third kappa shape index (κ3) is 8.20. The summed E-state index contributed by atoms with van der Waals surface area (Å²) in [6, 6.07) is 15.2. The van der Waals surface area contributed by atoms with Crippen LogP contribution < -0.4 is 5.32 Å². The van der Waals surface area contributed by atoms with Gasteiger partial charge in [-0.1, -0.05) is 48.0 Å². The van der Waals surface area contributed by atoms with Gasteiger partial charge in [0.1, 0.15) is 6.26 Å². The van der Waals surface area contributed by atoms with Crippen LogP contribution in [0.1, 0.15) is 29.5 Å². The molecule has 0 aromatic heterocycles. The fourth-order valence-electron chi connectivity index (χ4n) is 4.85. The number of benzene rings is 2. The number of nitrogens with zero attached hydrogens (tertiary/aromatic N) is 4. The molecule has 1 atom stereocenters. The molecule has 2 heterocycles. The third-order valence-corrected chi connectivity index (χ3v) is 6.88. The number of aliphatic hydroxyl groups is 1. The Labute approximate surface area is 238 Å². The van der Waals surface area contributed by atoms with E-state index in [1.807, 2.05) is 60.4 Å². The summed E-state index contributed by atoms with van der Waals surface area (Å²) >= 11 is 0. The third-order valence-electron chi connectivity index (χ3n) is 6.88. The molecular weight excluding hydrogens is 522 g/mol. The van der Waals surface area contributed by atoms with Gasteiger partial charge in [-0.15, -0.1) is 0 Å². The van der Waals surface area contributed by atoms with Gasteiger partial charge in [0.05, 0.1) is 6.20 Å². The number of aryl methyl sites for hydroxylation is 1. The molecule has 1 saturated heterocycles. The van der Waals surface area contributed by atoms with Crippen LogP contribution in [0.5, 0.6) is 0 Å². The van der Waals surface area contributed by atoms with Crippen LogP contribution in [0.3, 0.4) is 0 Å². The number of anilines is 1. The molecule has 0 spiro atoms. The number of piperidine rings is 1. The Morgan fingerprint density at radius 2 is 1.93 bits per heavy atom. The lowest BCUT2D eigenvalue weighted by atomic mass is 10.0. The molecule has 4 rings (SSSR count). The number of carbonyl (C=O) groups is 3. The second-order valence-electron chi connectivity index (χ2n) is 9.66. The number of aliphatic hydroxyl groups excluding tert-OH is 1. The number of likely N-dealkylation sites (tertiary alicyclic amines) is 1. The molecule has 0 saturated carbocycles. The fourth-order valence-corrected chi connectivity index (χ4v) is 4.85. The number of carbonyl (C=O) groups excluding carboxylic acids is 3. The van der Waals surface area contributed by atoms with E-state index < -0.39 is 18.1 Å². The van der Waals surface area contributed by atoms with E-state index in [-0.39, 0.29) is 18.5 Å². The highest BCUT2D eigenvalue weighted by atomic mass is 16.6. The van der Waals surface area contributed by atoms with Crippen LogP contribution in [0, 0.1) is 6.92 Å². The summed E-state index contributed by atoms with van der Waals surface area (Å²) < 4.78 is 5.67. The first-order chi connectivity index (χ1) is 19.9. The average Bonchev–Trinajstić information content (AvgIpc) is 3.14. The summed E-state index contributed by atoms with van der Waals surface area (Å²) in [4.78, 5) is 49.6. The van der Waals surface area contributed by atoms with Crippen molar-refractivity contribution in [1.82, 2.24) is 9.80 Å². The maximum Gasteiger partial charge on any atom is 0.410 e. The predicted molar refractivity (Wildman–Crippen MR) is 154 cm³/mol. The van der Waals surface area contributed by atoms with Crippen LogP contribution in [0.25, 0.3) is 0 Å². The van der Waals surface area contributed by atoms with Crippen molar-refractivity contribution >= 4 is 35.5 Å². The van der Waals surface area contributed by atoms with Gasteiger partial charge in [0.2, 0.25) is 0 Å². The van der Waals surface area contributed by atoms with Crippen molar-refractivity contribution in [3.8, 4) is 0 Å². The lowest BCUT2D eigenvalue weighted by molar-refractivity contribution is -0.126. The zero-order valence-electron chi connectivity index (χ0n) is 22.7. The summed E-state index contributed by atoms with van der Waals surface area (Å²) in [7, 11) is 0. The summed E-state index contributed by atoms with van der Waals surface area (Å²) in [5.74, 6) is 3.91.